The molecule has 82 valence electrons. The molecule has 0 fully saturated rings. The first-order valence-corrected chi connectivity index (χ1v) is 5.43. The molecule has 0 amide bonds. The molecule has 0 aliphatic heterocycles. The molecule has 0 radical (unpaired) electrons. The number of nitrogens with one attached hydrogen (secondary N) is 1. The fourth-order valence-corrected chi connectivity index (χ4v) is 1.47. The van der Waals surface area contributed by atoms with Gasteiger partial charge in [-0.05, 0) is 25.5 Å². The molecule has 0 saturated carbocycles. The third kappa shape index (κ3) is 3.80. The van der Waals surface area contributed by atoms with E-state index in [0.717, 1.165) is 25.1 Å². The molecule has 1 unspecified atom stereocenters. The minimum absolute atomic E-state index is 0.269. The van der Waals surface area contributed by atoms with Crippen molar-refractivity contribution in [3.63, 3.8) is 0 Å². The monoisotopic (exact) mass is 205 g/mol. The van der Waals surface area contributed by atoms with E-state index in [1.165, 1.54) is 5.57 Å². The van der Waals surface area contributed by atoms with Gasteiger partial charge >= 0.3 is 0 Å². The maximum Gasteiger partial charge on any atom is 0.115 e. The molecule has 0 saturated heterocycles. The Morgan fingerprint density at radius 2 is 2.33 bits per heavy atom. The van der Waals surface area contributed by atoms with Gasteiger partial charge in [-0.25, -0.2) is 9.97 Å². The maximum absolute atomic E-state index is 4.27. The van der Waals surface area contributed by atoms with E-state index in [1.54, 1.807) is 12.5 Å². The molecule has 1 N–H and O–H groups in total. The van der Waals surface area contributed by atoms with Gasteiger partial charge < -0.3 is 5.32 Å². The third-order valence-electron chi connectivity index (χ3n) is 2.41. The minimum atomic E-state index is 0.269. The average Bonchev–Trinajstić information content (AvgIpc) is 2.29. The zero-order chi connectivity index (χ0) is 11.1. The molecule has 1 aromatic heterocycles. The van der Waals surface area contributed by atoms with Crippen molar-refractivity contribution in [3.8, 4) is 0 Å². The molecule has 3 nitrogen and oxygen atoms in total. The molecule has 1 atom stereocenters. The Bertz CT molecular complexity index is 295. The van der Waals surface area contributed by atoms with Gasteiger partial charge in [-0.15, -0.1) is 0 Å². The molecule has 0 aromatic carbocycles. The van der Waals surface area contributed by atoms with Gasteiger partial charge in [0, 0.05) is 6.20 Å². The van der Waals surface area contributed by atoms with Crippen molar-refractivity contribution in [2.45, 2.75) is 32.7 Å². The Kier molecular flexibility index (Phi) is 4.98. The van der Waals surface area contributed by atoms with E-state index < -0.39 is 0 Å². The summed E-state index contributed by atoms with van der Waals surface area (Å²) in [6.45, 7) is 9.20. The van der Waals surface area contributed by atoms with E-state index >= 15 is 0 Å². The van der Waals surface area contributed by atoms with Gasteiger partial charge in [0.25, 0.3) is 0 Å². The van der Waals surface area contributed by atoms with Gasteiger partial charge in [0.2, 0.25) is 0 Å². The van der Waals surface area contributed by atoms with E-state index in [2.05, 4.69) is 35.7 Å². The smallest absolute Gasteiger partial charge is 0.115 e. The van der Waals surface area contributed by atoms with Crippen LogP contribution in [0.3, 0.4) is 0 Å². The summed E-state index contributed by atoms with van der Waals surface area (Å²) in [4.78, 5) is 8.20. The van der Waals surface area contributed by atoms with Crippen LogP contribution < -0.4 is 5.32 Å². The van der Waals surface area contributed by atoms with Gasteiger partial charge in [-0.2, -0.15) is 0 Å². The average molecular weight is 205 g/mol. The lowest BCUT2D eigenvalue weighted by molar-refractivity contribution is 0.529. The van der Waals surface area contributed by atoms with Crippen LogP contribution in [0.2, 0.25) is 0 Å². The number of hydrogen-bond donors (Lipinski definition) is 1. The summed E-state index contributed by atoms with van der Waals surface area (Å²) >= 11 is 0. The van der Waals surface area contributed by atoms with Crippen LogP contribution in [-0.2, 0) is 0 Å². The fraction of sp³-hybridized carbons (Fsp3) is 0.500. The van der Waals surface area contributed by atoms with Crippen molar-refractivity contribution in [1.29, 1.82) is 0 Å². The molecule has 0 aliphatic carbocycles. The first kappa shape index (κ1) is 11.9. The van der Waals surface area contributed by atoms with E-state index in [4.69, 9.17) is 0 Å². The lowest BCUT2D eigenvalue weighted by Crippen LogP contribution is -2.22. The molecule has 15 heavy (non-hydrogen) atoms. The standard InChI is InChI=1S/C12H19N3/c1-4-10(3)8-12(14-5-2)11-6-7-13-9-15-11/h6-7,9,12,14H,3-5,8H2,1-2H3. The Balaban J connectivity index is 2.70. The fourth-order valence-electron chi connectivity index (χ4n) is 1.47. The lowest BCUT2D eigenvalue weighted by Gasteiger charge is -2.17. The Morgan fingerprint density at radius 3 is 2.87 bits per heavy atom. The molecule has 1 aromatic rings. The van der Waals surface area contributed by atoms with Crippen molar-refractivity contribution in [2.75, 3.05) is 6.54 Å². The zero-order valence-corrected chi connectivity index (χ0v) is 9.53. The van der Waals surface area contributed by atoms with Crippen molar-refractivity contribution in [1.82, 2.24) is 15.3 Å². The van der Waals surface area contributed by atoms with Crippen molar-refractivity contribution >= 4 is 0 Å². The Hall–Kier alpha value is -1.22. The molecule has 0 aliphatic rings. The maximum atomic E-state index is 4.27. The highest BCUT2D eigenvalue weighted by atomic mass is 14.9. The summed E-state index contributed by atoms with van der Waals surface area (Å²) < 4.78 is 0. The van der Waals surface area contributed by atoms with Gasteiger partial charge in [-0.1, -0.05) is 26.0 Å². The zero-order valence-electron chi connectivity index (χ0n) is 9.53. The van der Waals surface area contributed by atoms with Gasteiger partial charge in [-0.3, -0.25) is 0 Å². The highest BCUT2D eigenvalue weighted by Gasteiger charge is 2.11. The largest absolute Gasteiger partial charge is 0.309 e. The highest BCUT2D eigenvalue weighted by molar-refractivity contribution is 5.09. The van der Waals surface area contributed by atoms with Crippen LogP contribution in [0.25, 0.3) is 0 Å². The predicted octanol–water partition coefficient (Wildman–Crippen LogP) is 2.48. The van der Waals surface area contributed by atoms with Crippen LogP contribution in [-0.4, -0.2) is 16.5 Å². The van der Waals surface area contributed by atoms with Gasteiger partial charge in [0.1, 0.15) is 6.33 Å². The minimum Gasteiger partial charge on any atom is -0.309 e. The molecular weight excluding hydrogens is 186 g/mol. The van der Waals surface area contributed by atoms with Crippen molar-refractivity contribution < 1.29 is 0 Å². The lowest BCUT2D eigenvalue weighted by atomic mass is 10.0. The molecule has 0 bridgehead atoms. The summed E-state index contributed by atoms with van der Waals surface area (Å²) in [7, 11) is 0. The van der Waals surface area contributed by atoms with Crippen LogP contribution in [0.1, 0.15) is 38.4 Å². The summed E-state index contributed by atoms with van der Waals surface area (Å²) in [6, 6.07) is 2.22. The van der Waals surface area contributed by atoms with Crippen LogP contribution in [0.5, 0.6) is 0 Å². The van der Waals surface area contributed by atoms with Crippen molar-refractivity contribution in [2.24, 2.45) is 0 Å². The van der Waals surface area contributed by atoms with Crippen LogP contribution in [0.15, 0.2) is 30.7 Å². The molecule has 3 heteroatoms. The van der Waals surface area contributed by atoms with Gasteiger partial charge in [0.05, 0.1) is 11.7 Å². The van der Waals surface area contributed by atoms with E-state index in [1.807, 2.05) is 6.07 Å². The SMILES string of the molecule is C=C(CC)CC(NCC)c1ccncn1. The molecule has 1 heterocycles. The third-order valence-corrected chi connectivity index (χ3v) is 2.41. The molecular formula is C12H19N3. The van der Waals surface area contributed by atoms with Crippen molar-refractivity contribution in [3.05, 3.63) is 36.4 Å². The number of rotatable bonds is 6. The first-order valence-electron chi connectivity index (χ1n) is 5.43. The number of nitrogens with zero attached hydrogens (tertiary/aromatic N) is 2. The van der Waals surface area contributed by atoms with Gasteiger partial charge in [0.15, 0.2) is 0 Å². The van der Waals surface area contributed by atoms with Crippen LogP contribution in [0.4, 0.5) is 0 Å². The quantitative estimate of drug-likeness (QED) is 0.725. The summed E-state index contributed by atoms with van der Waals surface area (Å²) in [5, 5.41) is 3.41. The Labute approximate surface area is 91.7 Å². The van der Waals surface area contributed by atoms with E-state index in [0.29, 0.717) is 0 Å². The molecule has 0 spiro atoms. The highest BCUT2D eigenvalue weighted by Crippen LogP contribution is 2.19. The second-order valence-electron chi connectivity index (χ2n) is 3.55. The first-order chi connectivity index (χ1) is 7.27. The van der Waals surface area contributed by atoms with Crippen LogP contribution >= 0.6 is 0 Å². The topological polar surface area (TPSA) is 37.8 Å². The van der Waals surface area contributed by atoms with E-state index in [-0.39, 0.29) is 6.04 Å². The molecule has 1 rings (SSSR count). The predicted molar refractivity (Wildman–Crippen MR) is 62.5 cm³/mol. The Morgan fingerprint density at radius 1 is 1.53 bits per heavy atom. The second-order valence-corrected chi connectivity index (χ2v) is 3.55. The van der Waals surface area contributed by atoms with Crippen LogP contribution in [0, 0.1) is 0 Å². The summed E-state index contributed by atoms with van der Waals surface area (Å²) in [5.74, 6) is 0. The normalized spacial score (nSPS) is 12.4. The number of aromatic nitrogens is 2. The summed E-state index contributed by atoms with van der Waals surface area (Å²) in [6.07, 6.45) is 5.34. The second kappa shape index (κ2) is 6.30. The number of hydrogen-bond acceptors (Lipinski definition) is 3. The summed E-state index contributed by atoms with van der Waals surface area (Å²) in [5.41, 5.74) is 2.29. The van der Waals surface area contributed by atoms with E-state index in [9.17, 15) is 0 Å².